The van der Waals surface area contributed by atoms with Gasteiger partial charge in [0.15, 0.2) is 0 Å². The molecule has 1 rings (SSSR count). The molecule has 0 aromatic heterocycles. The molecular formula is C9H8BrN3O2. The number of ketones is 1. The Bertz CT molecular complexity index is 378. The van der Waals surface area contributed by atoms with Gasteiger partial charge in [-0.1, -0.05) is 30.3 Å². The third-order valence-electron chi connectivity index (χ3n) is 1.49. The van der Waals surface area contributed by atoms with E-state index in [0.717, 1.165) is 6.21 Å². The van der Waals surface area contributed by atoms with E-state index in [1.807, 2.05) is 6.07 Å². The lowest BCUT2D eigenvalue weighted by atomic mass is 10.1. The maximum absolute atomic E-state index is 11.4. The number of hydrazone groups is 1. The van der Waals surface area contributed by atoms with Crippen LogP contribution in [0.1, 0.15) is 10.4 Å². The van der Waals surface area contributed by atoms with Crippen LogP contribution in [0.25, 0.3) is 0 Å². The summed E-state index contributed by atoms with van der Waals surface area (Å²) in [4.78, 5) is 22.0. The average molecular weight is 270 g/mol. The van der Waals surface area contributed by atoms with Gasteiger partial charge in [-0.15, -0.1) is 0 Å². The summed E-state index contributed by atoms with van der Waals surface area (Å²) in [5.41, 5.74) is 2.60. The minimum Gasteiger partial charge on any atom is -0.287 e. The molecule has 5 nitrogen and oxygen atoms in total. The zero-order valence-electron chi connectivity index (χ0n) is 7.61. The summed E-state index contributed by atoms with van der Waals surface area (Å²) in [5.74, 6) is -0.273. The topological polar surface area (TPSA) is 70.6 Å². The number of Topliss-reactive ketones (excluding diaryl/α,β-unsaturated/α-hetero) is 1. The van der Waals surface area contributed by atoms with Crippen molar-refractivity contribution in [2.45, 2.75) is 0 Å². The van der Waals surface area contributed by atoms with Crippen LogP contribution < -0.4 is 9.77 Å². The Hall–Kier alpha value is -1.69. The molecule has 1 aromatic rings. The fourth-order valence-corrected chi connectivity index (χ4v) is 0.936. The molecule has 0 aliphatic heterocycles. The fourth-order valence-electron chi connectivity index (χ4n) is 0.848. The number of rotatable bonds is 3. The summed E-state index contributed by atoms with van der Waals surface area (Å²) in [6, 6.07) is 8.09. The Balaban J connectivity index is 2.53. The van der Waals surface area contributed by atoms with Gasteiger partial charge in [0.05, 0.1) is 22.4 Å². The summed E-state index contributed by atoms with van der Waals surface area (Å²) in [6.07, 6.45) is 1.04. The van der Waals surface area contributed by atoms with Gasteiger partial charge < -0.3 is 0 Å². The summed E-state index contributed by atoms with van der Waals surface area (Å²) < 4.78 is 2.12. The molecule has 0 fully saturated rings. The number of nitrogens with one attached hydrogen (secondary N) is 2. The molecule has 2 N–H and O–H groups in total. The van der Waals surface area contributed by atoms with Gasteiger partial charge in [0.2, 0.25) is 5.78 Å². The highest BCUT2D eigenvalue weighted by Gasteiger charge is 2.00. The van der Waals surface area contributed by atoms with Gasteiger partial charge >= 0.3 is 6.03 Å². The molecule has 1 aromatic carbocycles. The number of amides is 2. The molecule has 0 atom stereocenters. The van der Waals surface area contributed by atoms with E-state index in [-0.39, 0.29) is 5.78 Å². The number of benzene rings is 1. The lowest BCUT2D eigenvalue weighted by Crippen LogP contribution is -2.25. The van der Waals surface area contributed by atoms with Crippen LogP contribution in [0, 0.1) is 0 Å². The highest BCUT2D eigenvalue weighted by molar-refractivity contribution is 9.08. The Labute approximate surface area is 94.9 Å². The van der Waals surface area contributed by atoms with Crippen LogP contribution in [0.2, 0.25) is 0 Å². The van der Waals surface area contributed by atoms with Gasteiger partial charge in [-0.3, -0.25) is 9.14 Å². The van der Waals surface area contributed by atoms with Gasteiger partial charge in [0.1, 0.15) is 0 Å². The Morgan fingerprint density at radius 3 is 2.53 bits per heavy atom. The van der Waals surface area contributed by atoms with E-state index in [2.05, 4.69) is 31.0 Å². The number of nitrogens with zero attached hydrogens (tertiary/aromatic N) is 1. The average Bonchev–Trinajstić information content (AvgIpc) is 2.29. The summed E-state index contributed by atoms with van der Waals surface area (Å²) >= 11 is 2.71. The molecule has 0 saturated carbocycles. The lowest BCUT2D eigenvalue weighted by molar-refractivity contribution is 0.107. The lowest BCUT2D eigenvalue weighted by Gasteiger charge is -1.95. The maximum Gasteiger partial charge on any atom is 0.345 e. The van der Waals surface area contributed by atoms with Gasteiger partial charge in [0, 0.05) is 5.56 Å². The third kappa shape index (κ3) is 3.90. The zero-order chi connectivity index (χ0) is 11.1. The molecule has 0 saturated heterocycles. The van der Waals surface area contributed by atoms with Crippen LogP contribution >= 0.6 is 16.1 Å². The quantitative estimate of drug-likeness (QED) is 0.378. The number of halogens is 1. The largest absolute Gasteiger partial charge is 0.345 e. The smallest absolute Gasteiger partial charge is 0.287 e. The van der Waals surface area contributed by atoms with Crippen molar-refractivity contribution < 1.29 is 9.59 Å². The standard InChI is InChI=1S/C9H8BrN3O2/c10-12-9(15)13-11-6-8(14)7-4-2-1-3-5-7/h1-6H,(H2,12,13,15)/b11-6+. The van der Waals surface area contributed by atoms with E-state index in [0.29, 0.717) is 5.56 Å². The van der Waals surface area contributed by atoms with E-state index in [1.165, 1.54) is 0 Å². The third-order valence-corrected chi connectivity index (χ3v) is 1.85. The summed E-state index contributed by atoms with van der Waals surface area (Å²) in [5, 5.41) is 3.45. The zero-order valence-corrected chi connectivity index (χ0v) is 9.19. The van der Waals surface area contributed by atoms with Crippen molar-refractivity contribution in [3.05, 3.63) is 35.9 Å². The first-order valence-electron chi connectivity index (χ1n) is 4.03. The number of carbonyl (C=O) groups excluding carboxylic acids is 2. The van der Waals surface area contributed by atoms with E-state index >= 15 is 0 Å². The van der Waals surface area contributed by atoms with Crippen molar-refractivity contribution in [1.82, 2.24) is 9.77 Å². The molecule has 0 spiro atoms. The van der Waals surface area contributed by atoms with Crippen molar-refractivity contribution in [2.75, 3.05) is 0 Å². The van der Waals surface area contributed by atoms with Gasteiger partial charge in [0.25, 0.3) is 0 Å². The van der Waals surface area contributed by atoms with Crippen LogP contribution in [0.3, 0.4) is 0 Å². The highest BCUT2D eigenvalue weighted by atomic mass is 79.9. The van der Waals surface area contributed by atoms with Crippen molar-refractivity contribution >= 4 is 34.2 Å². The molecule has 15 heavy (non-hydrogen) atoms. The van der Waals surface area contributed by atoms with Crippen molar-refractivity contribution in [3.8, 4) is 0 Å². The molecule has 0 heterocycles. The molecule has 0 aliphatic rings. The normalized spacial score (nSPS) is 9.93. The van der Waals surface area contributed by atoms with E-state index < -0.39 is 6.03 Å². The minimum absolute atomic E-state index is 0.273. The number of urea groups is 1. The number of hydrogen-bond acceptors (Lipinski definition) is 3. The first-order chi connectivity index (χ1) is 7.24. The minimum atomic E-state index is -0.549. The maximum atomic E-state index is 11.4. The van der Waals surface area contributed by atoms with Crippen LogP contribution in [-0.4, -0.2) is 18.0 Å². The monoisotopic (exact) mass is 269 g/mol. The van der Waals surface area contributed by atoms with E-state index in [1.54, 1.807) is 24.3 Å². The highest BCUT2D eigenvalue weighted by Crippen LogP contribution is 1.97. The molecule has 0 radical (unpaired) electrons. The van der Waals surface area contributed by atoms with Gasteiger partial charge in [-0.2, -0.15) is 5.10 Å². The van der Waals surface area contributed by atoms with Crippen LogP contribution in [0.5, 0.6) is 0 Å². The number of hydrogen-bond donors (Lipinski definition) is 2. The summed E-state index contributed by atoms with van der Waals surface area (Å²) in [6.45, 7) is 0. The van der Waals surface area contributed by atoms with Crippen molar-refractivity contribution in [3.63, 3.8) is 0 Å². The van der Waals surface area contributed by atoms with Gasteiger partial charge in [-0.25, -0.2) is 10.2 Å². The van der Waals surface area contributed by atoms with Gasteiger partial charge in [-0.05, 0) is 0 Å². The predicted molar refractivity (Wildman–Crippen MR) is 59.9 cm³/mol. The molecular weight excluding hydrogens is 262 g/mol. The molecule has 78 valence electrons. The second kappa shape index (κ2) is 5.92. The Kier molecular flexibility index (Phi) is 4.49. The molecule has 0 aliphatic carbocycles. The molecule has 2 amide bonds. The van der Waals surface area contributed by atoms with Crippen LogP contribution in [-0.2, 0) is 0 Å². The molecule has 6 heteroatoms. The first kappa shape index (κ1) is 11.4. The van der Waals surface area contributed by atoms with E-state index in [9.17, 15) is 9.59 Å². The van der Waals surface area contributed by atoms with Crippen LogP contribution in [0.4, 0.5) is 4.79 Å². The van der Waals surface area contributed by atoms with Crippen LogP contribution in [0.15, 0.2) is 35.4 Å². The van der Waals surface area contributed by atoms with Crippen molar-refractivity contribution in [1.29, 1.82) is 0 Å². The van der Waals surface area contributed by atoms with E-state index in [4.69, 9.17) is 0 Å². The summed E-state index contributed by atoms with van der Waals surface area (Å²) in [7, 11) is 0. The Morgan fingerprint density at radius 1 is 1.27 bits per heavy atom. The number of carbonyl (C=O) groups is 2. The first-order valence-corrected chi connectivity index (χ1v) is 4.82. The Morgan fingerprint density at radius 2 is 1.93 bits per heavy atom. The second-order valence-corrected chi connectivity index (χ2v) is 2.92. The fraction of sp³-hybridized carbons (Fsp3) is 0. The van der Waals surface area contributed by atoms with Crippen molar-refractivity contribution in [2.24, 2.45) is 5.10 Å². The predicted octanol–water partition coefficient (Wildman–Crippen LogP) is 1.46. The SMILES string of the molecule is O=C(NBr)N/N=C/C(=O)c1ccccc1. The molecule has 0 unspecified atom stereocenters. The second-order valence-electron chi connectivity index (χ2n) is 2.52. The molecule has 0 bridgehead atoms.